The largest absolute Gasteiger partial charge is 0.338 e. The molecule has 2 N–H and O–H groups in total. The molecule has 6 heteroatoms. The number of carbonyl (C=O) groups excluding carboxylic acids is 2. The average Bonchev–Trinajstić information content (AvgIpc) is 2.95. The topological polar surface area (TPSA) is 64.7 Å². The van der Waals surface area contributed by atoms with E-state index in [0.717, 1.165) is 31.6 Å². The van der Waals surface area contributed by atoms with Gasteiger partial charge in [-0.05, 0) is 31.6 Å². The SMILES string of the molecule is CCN(CC)CCCNC(=O)NC1CC(=O)N(Cc2ccccc2)C1. The van der Waals surface area contributed by atoms with E-state index in [2.05, 4.69) is 29.4 Å². The second kappa shape index (κ2) is 10.0. The van der Waals surface area contributed by atoms with Crippen molar-refractivity contribution < 1.29 is 9.59 Å². The van der Waals surface area contributed by atoms with Crippen LogP contribution in [0.15, 0.2) is 30.3 Å². The maximum absolute atomic E-state index is 12.1. The van der Waals surface area contributed by atoms with Crippen molar-refractivity contribution >= 4 is 11.9 Å². The zero-order valence-corrected chi connectivity index (χ0v) is 15.3. The van der Waals surface area contributed by atoms with Crippen molar-refractivity contribution in [2.45, 2.75) is 39.3 Å². The number of rotatable bonds is 9. The van der Waals surface area contributed by atoms with Crippen LogP contribution < -0.4 is 10.6 Å². The van der Waals surface area contributed by atoms with E-state index < -0.39 is 0 Å². The molecule has 1 aromatic rings. The van der Waals surface area contributed by atoms with Crippen LogP contribution in [0.5, 0.6) is 0 Å². The van der Waals surface area contributed by atoms with Crippen LogP contribution in [-0.2, 0) is 11.3 Å². The highest BCUT2D eigenvalue weighted by molar-refractivity contribution is 5.81. The highest BCUT2D eigenvalue weighted by atomic mass is 16.2. The van der Waals surface area contributed by atoms with Crippen molar-refractivity contribution in [3.63, 3.8) is 0 Å². The Morgan fingerprint density at radius 3 is 2.64 bits per heavy atom. The Morgan fingerprint density at radius 2 is 1.96 bits per heavy atom. The van der Waals surface area contributed by atoms with Crippen LogP contribution in [0.1, 0.15) is 32.3 Å². The van der Waals surface area contributed by atoms with Crippen LogP contribution >= 0.6 is 0 Å². The van der Waals surface area contributed by atoms with Gasteiger partial charge in [0.05, 0.1) is 6.04 Å². The van der Waals surface area contributed by atoms with Crippen molar-refractivity contribution in [3.05, 3.63) is 35.9 Å². The second-order valence-corrected chi connectivity index (χ2v) is 6.44. The van der Waals surface area contributed by atoms with Gasteiger partial charge in [0.15, 0.2) is 0 Å². The van der Waals surface area contributed by atoms with Gasteiger partial charge in [-0.25, -0.2) is 4.79 Å². The number of urea groups is 1. The molecule has 1 saturated heterocycles. The Morgan fingerprint density at radius 1 is 1.24 bits per heavy atom. The first-order valence-corrected chi connectivity index (χ1v) is 9.20. The summed E-state index contributed by atoms with van der Waals surface area (Å²) in [6.07, 6.45) is 1.30. The van der Waals surface area contributed by atoms with Crippen LogP contribution in [-0.4, -0.2) is 60.5 Å². The third-order valence-electron chi connectivity index (χ3n) is 4.60. The maximum Gasteiger partial charge on any atom is 0.315 e. The van der Waals surface area contributed by atoms with Crippen LogP contribution in [0.3, 0.4) is 0 Å². The lowest BCUT2D eigenvalue weighted by Crippen LogP contribution is -2.44. The van der Waals surface area contributed by atoms with Gasteiger partial charge >= 0.3 is 6.03 Å². The highest BCUT2D eigenvalue weighted by Crippen LogP contribution is 2.14. The molecular weight excluding hydrogens is 316 g/mol. The quantitative estimate of drug-likeness (QED) is 0.671. The number of carbonyl (C=O) groups is 2. The normalized spacial score (nSPS) is 17.2. The molecule has 1 aromatic carbocycles. The minimum atomic E-state index is -0.182. The van der Waals surface area contributed by atoms with Gasteiger partial charge in [-0.3, -0.25) is 4.79 Å². The fraction of sp³-hybridized carbons (Fsp3) is 0.579. The molecule has 25 heavy (non-hydrogen) atoms. The van der Waals surface area contributed by atoms with E-state index in [4.69, 9.17) is 0 Å². The summed E-state index contributed by atoms with van der Waals surface area (Å²) in [5.41, 5.74) is 1.11. The molecule has 1 fully saturated rings. The van der Waals surface area contributed by atoms with Crippen molar-refractivity contribution in [3.8, 4) is 0 Å². The van der Waals surface area contributed by atoms with Crippen molar-refractivity contribution in [2.24, 2.45) is 0 Å². The van der Waals surface area contributed by atoms with Crippen LogP contribution in [0.2, 0.25) is 0 Å². The fourth-order valence-electron chi connectivity index (χ4n) is 3.11. The number of hydrogen-bond donors (Lipinski definition) is 2. The summed E-state index contributed by atoms with van der Waals surface area (Å²) in [5.74, 6) is 0.0932. The molecular formula is C19H30N4O2. The number of benzene rings is 1. The zero-order chi connectivity index (χ0) is 18.1. The maximum atomic E-state index is 12.1. The summed E-state index contributed by atoms with van der Waals surface area (Å²) in [6.45, 7) is 9.15. The minimum Gasteiger partial charge on any atom is -0.338 e. The molecule has 0 aliphatic carbocycles. The highest BCUT2D eigenvalue weighted by Gasteiger charge is 2.30. The molecule has 1 atom stereocenters. The lowest BCUT2D eigenvalue weighted by atomic mass is 10.2. The van der Waals surface area contributed by atoms with Crippen molar-refractivity contribution in [1.82, 2.24) is 20.4 Å². The first kappa shape index (κ1) is 19.2. The van der Waals surface area contributed by atoms with E-state index in [1.54, 1.807) is 4.90 Å². The third-order valence-corrected chi connectivity index (χ3v) is 4.60. The predicted molar refractivity (Wildman–Crippen MR) is 99.2 cm³/mol. The standard InChI is InChI=1S/C19H30N4O2/c1-3-22(4-2)12-8-11-20-19(25)21-17-13-18(24)23(15-17)14-16-9-6-5-7-10-16/h5-7,9-10,17H,3-4,8,11-15H2,1-2H3,(H2,20,21,25). The molecule has 0 saturated carbocycles. The monoisotopic (exact) mass is 346 g/mol. The van der Waals surface area contributed by atoms with Crippen LogP contribution in [0.25, 0.3) is 0 Å². The van der Waals surface area contributed by atoms with Crippen molar-refractivity contribution in [2.75, 3.05) is 32.7 Å². The smallest absolute Gasteiger partial charge is 0.315 e. The van der Waals surface area contributed by atoms with Gasteiger partial charge in [0.2, 0.25) is 5.91 Å². The number of hydrogen-bond acceptors (Lipinski definition) is 3. The van der Waals surface area contributed by atoms with E-state index in [9.17, 15) is 9.59 Å². The summed E-state index contributed by atoms with van der Waals surface area (Å²) in [7, 11) is 0. The Balaban J connectivity index is 1.67. The zero-order valence-electron chi connectivity index (χ0n) is 15.3. The summed E-state index contributed by atoms with van der Waals surface area (Å²) >= 11 is 0. The summed E-state index contributed by atoms with van der Waals surface area (Å²) < 4.78 is 0. The summed E-state index contributed by atoms with van der Waals surface area (Å²) in [5, 5.41) is 5.80. The van der Waals surface area contributed by atoms with E-state index in [0.29, 0.717) is 26.1 Å². The molecule has 2 rings (SSSR count). The summed E-state index contributed by atoms with van der Waals surface area (Å²) in [4.78, 5) is 28.2. The van der Waals surface area contributed by atoms with Gasteiger partial charge in [-0.2, -0.15) is 0 Å². The van der Waals surface area contributed by atoms with Crippen LogP contribution in [0.4, 0.5) is 4.79 Å². The Labute approximate surface area is 150 Å². The number of likely N-dealkylation sites (tertiary alicyclic amines) is 1. The number of nitrogens with one attached hydrogen (secondary N) is 2. The third kappa shape index (κ3) is 6.38. The first-order valence-electron chi connectivity index (χ1n) is 9.20. The Bertz CT molecular complexity index is 546. The minimum absolute atomic E-state index is 0.0932. The predicted octanol–water partition coefficient (Wildman–Crippen LogP) is 1.82. The van der Waals surface area contributed by atoms with Gasteiger partial charge in [0.1, 0.15) is 0 Å². The lowest BCUT2D eigenvalue weighted by molar-refractivity contribution is -0.128. The molecule has 3 amide bonds. The van der Waals surface area contributed by atoms with E-state index in [1.807, 2.05) is 30.3 Å². The van der Waals surface area contributed by atoms with E-state index >= 15 is 0 Å². The van der Waals surface area contributed by atoms with Gasteiger partial charge in [0, 0.05) is 26.1 Å². The average molecular weight is 346 g/mol. The molecule has 138 valence electrons. The molecule has 0 aromatic heterocycles. The second-order valence-electron chi connectivity index (χ2n) is 6.44. The summed E-state index contributed by atoms with van der Waals surface area (Å²) in [6, 6.07) is 9.63. The molecule has 6 nitrogen and oxygen atoms in total. The van der Waals surface area contributed by atoms with Crippen LogP contribution in [0, 0.1) is 0 Å². The van der Waals surface area contributed by atoms with Gasteiger partial charge in [0.25, 0.3) is 0 Å². The van der Waals surface area contributed by atoms with E-state index in [-0.39, 0.29) is 18.0 Å². The molecule has 0 bridgehead atoms. The number of nitrogens with zero attached hydrogens (tertiary/aromatic N) is 2. The molecule has 1 aliphatic rings. The molecule has 0 spiro atoms. The molecule has 1 unspecified atom stereocenters. The molecule has 0 radical (unpaired) electrons. The molecule has 1 aliphatic heterocycles. The van der Waals surface area contributed by atoms with Crippen molar-refractivity contribution in [1.29, 1.82) is 0 Å². The first-order chi connectivity index (χ1) is 12.1. The fourth-order valence-corrected chi connectivity index (χ4v) is 3.11. The lowest BCUT2D eigenvalue weighted by Gasteiger charge is -2.19. The Kier molecular flexibility index (Phi) is 7.73. The molecule has 1 heterocycles. The number of amides is 3. The van der Waals surface area contributed by atoms with E-state index in [1.165, 1.54) is 0 Å². The van der Waals surface area contributed by atoms with Gasteiger partial charge in [-0.15, -0.1) is 0 Å². The van der Waals surface area contributed by atoms with Gasteiger partial charge in [-0.1, -0.05) is 44.2 Å². The van der Waals surface area contributed by atoms with Gasteiger partial charge < -0.3 is 20.4 Å². The Hall–Kier alpha value is -2.08.